The van der Waals surface area contributed by atoms with Crippen LogP contribution >= 0.6 is 0 Å². The first-order valence-corrected chi connectivity index (χ1v) is 6.79. The highest BCUT2D eigenvalue weighted by atomic mass is 16.5. The van der Waals surface area contributed by atoms with Crippen LogP contribution in [0.5, 0.6) is 5.75 Å². The molecule has 1 unspecified atom stereocenters. The average Bonchev–Trinajstić information content (AvgIpc) is 2.37. The highest BCUT2D eigenvalue weighted by molar-refractivity contribution is 5.81. The molecule has 1 aromatic rings. The van der Waals surface area contributed by atoms with Crippen molar-refractivity contribution in [2.24, 2.45) is 5.92 Å². The van der Waals surface area contributed by atoms with E-state index >= 15 is 0 Å². The smallest absolute Gasteiger partial charge is 0.239 e. The van der Waals surface area contributed by atoms with Gasteiger partial charge in [-0.1, -0.05) is 19.9 Å². The summed E-state index contributed by atoms with van der Waals surface area (Å²) >= 11 is 0. The third kappa shape index (κ3) is 5.64. The first-order chi connectivity index (χ1) is 9.02. The van der Waals surface area contributed by atoms with Gasteiger partial charge in [0.2, 0.25) is 5.91 Å². The molecule has 4 nitrogen and oxygen atoms in total. The molecule has 1 aromatic carbocycles. The fraction of sp³-hybridized carbons (Fsp3) is 0.533. The standard InChI is InChI=1S/C15H24N2O2/c1-5-19-14-8-6-7-13(9-14)16-10-15(18)17-12(4)11(2)3/h6-9,11-12,16H,5,10H2,1-4H3,(H,17,18). The van der Waals surface area contributed by atoms with Crippen molar-refractivity contribution in [1.29, 1.82) is 0 Å². The van der Waals surface area contributed by atoms with Crippen molar-refractivity contribution in [1.82, 2.24) is 5.32 Å². The average molecular weight is 264 g/mol. The number of hydrogen-bond donors (Lipinski definition) is 2. The summed E-state index contributed by atoms with van der Waals surface area (Å²) in [4.78, 5) is 11.7. The summed E-state index contributed by atoms with van der Waals surface area (Å²) in [6, 6.07) is 7.80. The summed E-state index contributed by atoms with van der Waals surface area (Å²) in [5.41, 5.74) is 0.887. The second-order valence-electron chi connectivity index (χ2n) is 4.91. The SMILES string of the molecule is CCOc1cccc(NCC(=O)NC(C)C(C)C)c1. The Balaban J connectivity index is 2.43. The van der Waals surface area contributed by atoms with E-state index in [0.717, 1.165) is 11.4 Å². The van der Waals surface area contributed by atoms with Crippen LogP contribution in [0.3, 0.4) is 0 Å². The Morgan fingerprint density at radius 1 is 1.32 bits per heavy atom. The molecule has 106 valence electrons. The van der Waals surface area contributed by atoms with Crippen LogP contribution in [0.15, 0.2) is 24.3 Å². The topological polar surface area (TPSA) is 50.4 Å². The molecule has 4 heteroatoms. The number of carbonyl (C=O) groups is 1. The number of hydrogen-bond acceptors (Lipinski definition) is 3. The Kier molecular flexibility index (Phi) is 6.19. The van der Waals surface area contributed by atoms with Gasteiger partial charge in [-0.25, -0.2) is 0 Å². The second-order valence-corrected chi connectivity index (χ2v) is 4.91. The summed E-state index contributed by atoms with van der Waals surface area (Å²) in [7, 11) is 0. The lowest BCUT2D eigenvalue weighted by Gasteiger charge is -2.17. The molecule has 0 bridgehead atoms. The van der Waals surface area contributed by atoms with Crippen molar-refractivity contribution in [3.63, 3.8) is 0 Å². The maximum atomic E-state index is 11.7. The van der Waals surface area contributed by atoms with E-state index in [0.29, 0.717) is 12.5 Å². The van der Waals surface area contributed by atoms with Crippen LogP contribution in [0.2, 0.25) is 0 Å². The Morgan fingerprint density at radius 3 is 2.68 bits per heavy atom. The molecular weight excluding hydrogens is 240 g/mol. The zero-order valence-electron chi connectivity index (χ0n) is 12.2. The Morgan fingerprint density at radius 2 is 2.05 bits per heavy atom. The van der Waals surface area contributed by atoms with Crippen LogP contribution in [-0.2, 0) is 4.79 Å². The molecule has 1 atom stereocenters. The van der Waals surface area contributed by atoms with Crippen LogP contribution < -0.4 is 15.4 Å². The van der Waals surface area contributed by atoms with Gasteiger partial charge < -0.3 is 15.4 Å². The third-order valence-corrected chi connectivity index (χ3v) is 2.99. The van der Waals surface area contributed by atoms with Gasteiger partial charge in [-0.05, 0) is 31.9 Å². The van der Waals surface area contributed by atoms with Gasteiger partial charge in [-0.2, -0.15) is 0 Å². The summed E-state index contributed by atoms with van der Waals surface area (Å²) in [5, 5.41) is 6.05. The van der Waals surface area contributed by atoms with Crippen LogP contribution in [0, 0.1) is 5.92 Å². The first-order valence-electron chi connectivity index (χ1n) is 6.79. The van der Waals surface area contributed by atoms with Crippen molar-refractivity contribution in [2.45, 2.75) is 33.7 Å². The fourth-order valence-corrected chi connectivity index (χ4v) is 1.52. The molecule has 0 saturated carbocycles. The van der Waals surface area contributed by atoms with E-state index in [4.69, 9.17) is 4.74 Å². The van der Waals surface area contributed by atoms with Gasteiger partial charge in [0.1, 0.15) is 5.75 Å². The Hall–Kier alpha value is -1.71. The zero-order valence-corrected chi connectivity index (χ0v) is 12.2. The number of anilines is 1. The maximum absolute atomic E-state index is 11.7. The number of amides is 1. The van der Waals surface area contributed by atoms with Gasteiger partial charge in [0.05, 0.1) is 13.2 Å². The van der Waals surface area contributed by atoms with Gasteiger partial charge in [-0.3, -0.25) is 4.79 Å². The normalized spacial score (nSPS) is 12.1. The molecule has 1 rings (SSSR count). The van der Waals surface area contributed by atoms with Gasteiger partial charge in [0.15, 0.2) is 0 Å². The van der Waals surface area contributed by atoms with Crippen molar-refractivity contribution >= 4 is 11.6 Å². The quantitative estimate of drug-likeness (QED) is 0.796. The highest BCUT2D eigenvalue weighted by Gasteiger charge is 2.10. The largest absolute Gasteiger partial charge is 0.494 e. The lowest BCUT2D eigenvalue weighted by atomic mass is 10.1. The van der Waals surface area contributed by atoms with Crippen LogP contribution in [-0.4, -0.2) is 25.1 Å². The molecule has 0 heterocycles. The van der Waals surface area contributed by atoms with E-state index in [1.807, 2.05) is 38.1 Å². The first kappa shape index (κ1) is 15.3. The highest BCUT2D eigenvalue weighted by Crippen LogP contribution is 2.16. The summed E-state index contributed by atoms with van der Waals surface area (Å²) in [6.07, 6.45) is 0. The van der Waals surface area contributed by atoms with E-state index in [2.05, 4.69) is 24.5 Å². The van der Waals surface area contributed by atoms with Gasteiger partial charge in [0.25, 0.3) is 0 Å². The van der Waals surface area contributed by atoms with Crippen molar-refractivity contribution < 1.29 is 9.53 Å². The molecule has 0 radical (unpaired) electrons. The molecule has 0 aliphatic heterocycles. The predicted molar refractivity (Wildman–Crippen MR) is 78.5 cm³/mol. The van der Waals surface area contributed by atoms with Gasteiger partial charge in [0, 0.05) is 17.8 Å². The summed E-state index contributed by atoms with van der Waals surface area (Å²) in [6.45, 7) is 9.04. The van der Waals surface area contributed by atoms with E-state index in [9.17, 15) is 4.79 Å². The molecule has 0 fully saturated rings. The number of carbonyl (C=O) groups excluding carboxylic acids is 1. The van der Waals surface area contributed by atoms with Crippen LogP contribution in [0.4, 0.5) is 5.69 Å². The molecule has 19 heavy (non-hydrogen) atoms. The van der Waals surface area contributed by atoms with E-state index in [-0.39, 0.29) is 18.5 Å². The van der Waals surface area contributed by atoms with Crippen molar-refractivity contribution in [3.05, 3.63) is 24.3 Å². The van der Waals surface area contributed by atoms with Crippen molar-refractivity contribution in [2.75, 3.05) is 18.5 Å². The minimum Gasteiger partial charge on any atom is -0.494 e. The Labute approximate surface area is 115 Å². The zero-order chi connectivity index (χ0) is 14.3. The fourth-order valence-electron chi connectivity index (χ4n) is 1.52. The molecule has 0 aromatic heterocycles. The molecule has 0 spiro atoms. The molecular formula is C15H24N2O2. The number of ether oxygens (including phenoxy) is 1. The molecule has 0 aliphatic rings. The molecule has 1 amide bonds. The van der Waals surface area contributed by atoms with Crippen molar-refractivity contribution in [3.8, 4) is 5.75 Å². The van der Waals surface area contributed by atoms with Gasteiger partial charge in [-0.15, -0.1) is 0 Å². The van der Waals surface area contributed by atoms with E-state index in [1.165, 1.54) is 0 Å². The Bertz CT molecular complexity index is 405. The monoisotopic (exact) mass is 264 g/mol. The molecule has 0 aliphatic carbocycles. The summed E-state index contributed by atoms with van der Waals surface area (Å²) in [5.74, 6) is 1.25. The third-order valence-electron chi connectivity index (χ3n) is 2.99. The number of benzene rings is 1. The van der Waals surface area contributed by atoms with Crippen LogP contribution in [0.25, 0.3) is 0 Å². The predicted octanol–water partition coefficient (Wildman–Crippen LogP) is 2.66. The lowest BCUT2D eigenvalue weighted by Crippen LogP contribution is -2.39. The van der Waals surface area contributed by atoms with Gasteiger partial charge >= 0.3 is 0 Å². The number of nitrogens with one attached hydrogen (secondary N) is 2. The second kappa shape index (κ2) is 7.67. The van der Waals surface area contributed by atoms with Crippen LogP contribution in [0.1, 0.15) is 27.7 Å². The van der Waals surface area contributed by atoms with E-state index < -0.39 is 0 Å². The minimum absolute atomic E-state index is 0.00279. The maximum Gasteiger partial charge on any atom is 0.239 e. The molecule has 0 saturated heterocycles. The minimum atomic E-state index is 0.00279. The molecule has 2 N–H and O–H groups in total. The number of rotatable bonds is 7. The van der Waals surface area contributed by atoms with E-state index in [1.54, 1.807) is 0 Å². The summed E-state index contributed by atoms with van der Waals surface area (Å²) < 4.78 is 5.41. The lowest BCUT2D eigenvalue weighted by molar-refractivity contribution is -0.120.